The molecule has 0 aliphatic rings. The van der Waals surface area contributed by atoms with E-state index in [1.165, 1.54) is 0 Å². The van der Waals surface area contributed by atoms with Crippen molar-refractivity contribution in [3.05, 3.63) is 0 Å². The number of ether oxygens (including phenoxy) is 1. The number of aliphatic hydroxyl groups excluding tert-OH is 1. The van der Waals surface area contributed by atoms with E-state index in [9.17, 15) is 0 Å². The maximum atomic E-state index is 8.38. The largest absolute Gasteiger partial charge is 0.396 e. The van der Waals surface area contributed by atoms with E-state index < -0.39 is 0 Å². The fourth-order valence-corrected chi connectivity index (χ4v) is 0.808. The smallest absolute Gasteiger partial charge is 0.0487 e. The van der Waals surface area contributed by atoms with Gasteiger partial charge in [0.05, 0.1) is 0 Å². The Labute approximate surface area is 68.0 Å². The molecular weight excluding hydrogens is 148 g/mol. The summed E-state index contributed by atoms with van der Waals surface area (Å²) in [6, 6.07) is 0. The van der Waals surface area contributed by atoms with Gasteiger partial charge in [-0.15, -0.1) is 0 Å². The molecule has 0 radical (unpaired) electrons. The first-order valence-corrected chi connectivity index (χ1v) is 4.34. The SMILES string of the molecule is OCCCOCCCCS. The van der Waals surface area contributed by atoms with Crippen LogP contribution in [0.1, 0.15) is 19.3 Å². The highest BCUT2D eigenvalue weighted by molar-refractivity contribution is 7.80. The summed E-state index contributed by atoms with van der Waals surface area (Å²) in [4.78, 5) is 0. The molecule has 10 heavy (non-hydrogen) atoms. The van der Waals surface area contributed by atoms with E-state index >= 15 is 0 Å². The molecule has 0 aromatic heterocycles. The first kappa shape index (κ1) is 10.3. The minimum absolute atomic E-state index is 0.229. The van der Waals surface area contributed by atoms with Gasteiger partial charge in [0, 0.05) is 19.8 Å². The minimum atomic E-state index is 0.229. The summed E-state index contributed by atoms with van der Waals surface area (Å²) in [6.45, 7) is 1.72. The van der Waals surface area contributed by atoms with Crippen LogP contribution in [0, 0.1) is 0 Å². The number of unbranched alkanes of at least 4 members (excludes halogenated alkanes) is 1. The fraction of sp³-hybridized carbons (Fsp3) is 1.00. The Morgan fingerprint density at radius 2 is 1.80 bits per heavy atom. The average Bonchev–Trinajstić information content (AvgIpc) is 1.97. The maximum Gasteiger partial charge on any atom is 0.0487 e. The average molecular weight is 164 g/mol. The first-order chi connectivity index (χ1) is 4.91. The minimum Gasteiger partial charge on any atom is -0.396 e. The second-order valence-electron chi connectivity index (χ2n) is 2.12. The fourth-order valence-electron chi connectivity index (χ4n) is 0.585. The second-order valence-corrected chi connectivity index (χ2v) is 2.57. The van der Waals surface area contributed by atoms with Crippen molar-refractivity contribution in [2.45, 2.75) is 19.3 Å². The highest BCUT2D eigenvalue weighted by atomic mass is 32.1. The predicted octanol–water partition coefficient (Wildman–Crippen LogP) is 1.10. The Balaban J connectivity index is 2.65. The molecule has 0 bridgehead atoms. The topological polar surface area (TPSA) is 29.5 Å². The summed E-state index contributed by atoms with van der Waals surface area (Å²) in [7, 11) is 0. The molecule has 0 rings (SSSR count). The standard InChI is InChI=1S/C7H16O2S/c8-4-3-6-9-5-1-2-7-10/h8,10H,1-7H2. The molecule has 0 aliphatic carbocycles. The summed E-state index contributed by atoms with van der Waals surface area (Å²) >= 11 is 4.07. The summed E-state index contributed by atoms with van der Waals surface area (Å²) < 4.78 is 5.18. The Kier molecular flexibility index (Phi) is 9.52. The summed E-state index contributed by atoms with van der Waals surface area (Å²) in [5.41, 5.74) is 0. The van der Waals surface area contributed by atoms with Crippen molar-refractivity contribution in [1.29, 1.82) is 0 Å². The van der Waals surface area contributed by atoms with E-state index in [1.807, 2.05) is 0 Å². The van der Waals surface area contributed by atoms with Crippen molar-refractivity contribution >= 4 is 12.6 Å². The van der Waals surface area contributed by atoms with Gasteiger partial charge in [-0.1, -0.05) is 0 Å². The van der Waals surface area contributed by atoms with Gasteiger partial charge < -0.3 is 9.84 Å². The monoisotopic (exact) mass is 164 g/mol. The third-order valence-electron chi connectivity index (χ3n) is 1.14. The van der Waals surface area contributed by atoms with Crippen LogP contribution in [0.15, 0.2) is 0 Å². The molecule has 0 atom stereocenters. The molecule has 3 heteroatoms. The van der Waals surface area contributed by atoms with Crippen LogP contribution in [-0.2, 0) is 4.74 Å². The highest BCUT2D eigenvalue weighted by Gasteiger charge is 1.87. The zero-order valence-corrected chi connectivity index (χ0v) is 7.15. The van der Waals surface area contributed by atoms with Crippen molar-refractivity contribution in [2.75, 3.05) is 25.6 Å². The van der Waals surface area contributed by atoms with Crippen LogP contribution in [0.2, 0.25) is 0 Å². The molecule has 0 amide bonds. The van der Waals surface area contributed by atoms with Crippen molar-refractivity contribution in [3.8, 4) is 0 Å². The van der Waals surface area contributed by atoms with Crippen LogP contribution < -0.4 is 0 Å². The number of aliphatic hydroxyl groups is 1. The number of thiol groups is 1. The lowest BCUT2D eigenvalue weighted by Gasteiger charge is -2.00. The van der Waals surface area contributed by atoms with Crippen molar-refractivity contribution < 1.29 is 9.84 Å². The van der Waals surface area contributed by atoms with E-state index in [-0.39, 0.29) is 6.61 Å². The molecular formula is C7H16O2S. The van der Waals surface area contributed by atoms with E-state index in [1.54, 1.807) is 0 Å². The van der Waals surface area contributed by atoms with Crippen LogP contribution in [0.5, 0.6) is 0 Å². The van der Waals surface area contributed by atoms with Crippen LogP contribution in [0.25, 0.3) is 0 Å². The molecule has 0 spiro atoms. The quantitative estimate of drug-likeness (QED) is 0.436. The molecule has 2 nitrogen and oxygen atoms in total. The van der Waals surface area contributed by atoms with E-state index in [0.29, 0.717) is 6.61 Å². The third kappa shape index (κ3) is 8.27. The lowest BCUT2D eigenvalue weighted by atomic mass is 10.3. The molecule has 0 heterocycles. The molecule has 0 fully saturated rings. The van der Waals surface area contributed by atoms with E-state index in [0.717, 1.165) is 31.6 Å². The van der Waals surface area contributed by atoms with Gasteiger partial charge in [0.1, 0.15) is 0 Å². The van der Waals surface area contributed by atoms with Crippen molar-refractivity contribution in [2.24, 2.45) is 0 Å². The van der Waals surface area contributed by atoms with Gasteiger partial charge in [-0.05, 0) is 25.0 Å². The Bertz CT molecular complexity index is 51.6. The van der Waals surface area contributed by atoms with Crippen molar-refractivity contribution in [1.82, 2.24) is 0 Å². The molecule has 0 saturated carbocycles. The van der Waals surface area contributed by atoms with Crippen LogP contribution in [0.3, 0.4) is 0 Å². The zero-order chi connectivity index (χ0) is 7.66. The van der Waals surface area contributed by atoms with E-state index in [4.69, 9.17) is 9.84 Å². The lowest BCUT2D eigenvalue weighted by Crippen LogP contribution is -1.98. The molecule has 0 aromatic rings. The highest BCUT2D eigenvalue weighted by Crippen LogP contribution is 1.92. The molecule has 0 unspecified atom stereocenters. The molecule has 62 valence electrons. The zero-order valence-electron chi connectivity index (χ0n) is 6.25. The van der Waals surface area contributed by atoms with Crippen LogP contribution >= 0.6 is 12.6 Å². The van der Waals surface area contributed by atoms with E-state index in [2.05, 4.69) is 12.6 Å². The number of hydrogen-bond donors (Lipinski definition) is 2. The van der Waals surface area contributed by atoms with Gasteiger partial charge in [0.15, 0.2) is 0 Å². The Morgan fingerprint density at radius 1 is 1.10 bits per heavy atom. The maximum absolute atomic E-state index is 8.38. The number of hydrogen-bond acceptors (Lipinski definition) is 3. The summed E-state index contributed by atoms with van der Waals surface area (Å²) in [5, 5.41) is 8.38. The van der Waals surface area contributed by atoms with Gasteiger partial charge in [0.25, 0.3) is 0 Å². The molecule has 0 saturated heterocycles. The normalized spacial score (nSPS) is 10.2. The number of rotatable bonds is 7. The third-order valence-corrected chi connectivity index (χ3v) is 1.46. The molecule has 0 aliphatic heterocycles. The predicted molar refractivity (Wildman–Crippen MR) is 45.6 cm³/mol. The van der Waals surface area contributed by atoms with Gasteiger partial charge in [-0.2, -0.15) is 12.6 Å². The summed E-state index contributed by atoms with van der Waals surface area (Å²) in [6.07, 6.45) is 2.94. The molecule has 0 aromatic carbocycles. The first-order valence-electron chi connectivity index (χ1n) is 3.71. The van der Waals surface area contributed by atoms with Crippen molar-refractivity contribution in [3.63, 3.8) is 0 Å². The lowest BCUT2D eigenvalue weighted by molar-refractivity contribution is 0.114. The van der Waals surface area contributed by atoms with Crippen LogP contribution in [-0.4, -0.2) is 30.7 Å². The Hall–Kier alpha value is 0.270. The molecule has 1 N–H and O–H groups in total. The van der Waals surface area contributed by atoms with Gasteiger partial charge in [-0.25, -0.2) is 0 Å². The second kappa shape index (κ2) is 9.27. The van der Waals surface area contributed by atoms with Gasteiger partial charge in [-0.3, -0.25) is 0 Å². The van der Waals surface area contributed by atoms with Crippen LogP contribution in [0.4, 0.5) is 0 Å². The Morgan fingerprint density at radius 3 is 2.40 bits per heavy atom. The van der Waals surface area contributed by atoms with Gasteiger partial charge in [0.2, 0.25) is 0 Å². The summed E-state index contributed by atoms with van der Waals surface area (Å²) in [5.74, 6) is 0.934. The van der Waals surface area contributed by atoms with Gasteiger partial charge >= 0.3 is 0 Å².